The van der Waals surface area contributed by atoms with Crippen molar-refractivity contribution in [2.45, 2.75) is 45.1 Å². The minimum absolute atomic E-state index is 0.684. The van der Waals surface area contributed by atoms with Crippen molar-refractivity contribution in [1.29, 1.82) is 5.26 Å². The summed E-state index contributed by atoms with van der Waals surface area (Å²) in [5.74, 6) is 0.919. The number of hydrogen-bond donors (Lipinski definition) is 0. The van der Waals surface area contributed by atoms with Crippen molar-refractivity contribution in [2.24, 2.45) is 0 Å². The molecular formula is C26H29N2O+. The molecule has 1 aromatic heterocycles. The van der Waals surface area contributed by atoms with E-state index in [2.05, 4.69) is 53.4 Å². The summed E-state index contributed by atoms with van der Waals surface area (Å²) in [6.45, 7) is 1.89. The molecule has 0 spiro atoms. The fourth-order valence-corrected chi connectivity index (χ4v) is 3.36. The van der Waals surface area contributed by atoms with Crippen LogP contribution in [0.3, 0.4) is 0 Å². The van der Waals surface area contributed by atoms with Gasteiger partial charge in [-0.1, -0.05) is 49.6 Å². The van der Waals surface area contributed by atoms with E-state index in [0.717, 1.165) is 36.4 Å². The van der Waals surface area contributed by atoms with E-state index in [1.54, 1.807) is 0 Å². The zero-order valence-electron chi connectivity index (χ0n) is 17.0. The number of nitrogens with zero attached hydrogens (tertiary/aromatic N) is 2. The fraction of sp³-hybridized carbons (Fsp3) is 0.308. The maximum atomic E-state index is 8.89. The van der Waals surface area contributed by atoms with Gasteiger partial charge in [0.15, 0.2) is 12.4 Å². The highest BCUT2D eigenvalue weighted by Crippen LogP contribution is 2.23. The average Bonchev–Trinajstić information content (AvgIpc) is 2.79. The van der Waals surface area contributed by atoms with E-state index >= 15 is 0 Å². The Kier molecular flexibility index (Phi) is 8.29. The Morgan fingerprint density at radius 3 is 1.93 bits per heavy atom. The van der Waals surface area contributed by atoms with Gasteiger partial charge in [-0.05, 0) is 48.2 Å². The quantitative estimate of drug-likeness (QED) is 0.303. The SMILES string of the molecule is N#Cc1ccc(-c2ccc(OCCCCCCCC[n+]3ccccc3)cc2)cc1. The van der Waals surface area contributed by atoms with Crippen molar-refractivity contribution in [2.75, 3.05) is 6.61 Å². The first kappa shape index (κ1) is 20.6. The first-order chi connectivity index (χ1) is 14.3. The molecule has 0 aliphatic carbocycles. The second-order valence-electron chi connectivity index (χ2n) is 7.30. The average molecular weight is 386 g/mol. The van der Waals surface area contributed by atoms with Gasteiger partial charge in [0.1, 0.15) is 12.3 Å². The Morgan fingerprint density at radius 1 is 0.690 bits per heavy atom. The van der Waals surface area contributed by atoms with Crippen molar-refractivity contribution in [3.63, 3.8) is 0 Å². The second-order valence-corrected chi connectivity index (χ2v) is 7.30. The molecule has 3 heteroatoms. The Bertz CT molecular complexity index is 881. The number of pyridine rings is 1. The van der Waals surface area contributed by atoms with Crippen molar-refractivity contribution in [3.05, 3.63) is 84.7 Å². The monoisotopic (exact) mass is 385 g/mol. The maximum absolute atomic E-state index is 8.89. The molecule has 0 atom stereocenters. The molecule has 2 aromatic carbocycles. The third-order valence-corrected chi connectivity index (χ3v) is 5.06. The first-order valence-corrected chi connectivity index (χ1v) is 10.5. The molecule has 1 heterocycles. The summed E-state index contributed by atoms with van der Waals surface area (Å²) in [4.78, 5) is 0. The van der Waals surface area contributed by atoms with E-state index in [9.17, 15) is 0 Å². The molecule has 3 nitrogen and oxygen atoms in total. The summed E-state index contributed by atoms with van der Waals surface area (Å²) < 4.78 is 8.12. The molecule has 0 unspecified atom stereocenters. The van der Waals surface area contributed by atoms with Crippen molar-refractivity contribution >= 4 is 0 Å². The Hall–Kier alpha value is -3.12. The number of aryl methyl sites for hydroxylation is 1. The number of rotatable bonds is 11. The van der Waals surface area contributed by atoms with Crippen LogP contribution in [0, 0.1) is 11.3 Å². The molecule has 148 valence electrons. The molecule has 0 bridgehead atoms. The van der Waals surface area contributed by atoms with Gasteiger partial charge in [0.25, 0.3) is 0 Å². The second kappa shape index (κ2) is 11.7. The topological polar surface area (TPSA) is 36.9 Å². The van der Waals surface area contributed by atoms with E-state index < -0.39 is 0 Å². The molecule has 3 aromatic rings. The largest absolute Gasteiger partial charge is 0.494 e. The number of nitriles is 1. The molecular weight excluding hydrogens is 356 g/mol. The molecule has 0 aliphatic heterocycles. The molecule has 0 fully saturated rings. The van der Waals surface area contributed by atoms with Crippen LogP contribution < -0.4 is 9.30 Å². The molecule has 0 saturated heterocycles. The summed E-state index contributed by atoms with van der Waals surface area (Å²) >= 11 is 0. The van der Waals surface area contributed by atoms with Gasteiger partial charge < -0.3 is 4.74 Å². The van der Waals surface area contributed by atoms with E-state index in [0.29, 0.717) is 5.56 Å². The van der Waals surface area contributed by atoms with Crippen molar-refractivity contribution in [1.82, 2.24) is 0 Å². The van der Waals surface area contributed by atoms with Crippen LogP contribution in [-0.2, 0) is 6.54 Å². The highest BCUT2D eigenvalue weighted by Gasteiger charge is 2.01. The third kappa shape index (κ3) is 7.08. The minimum atomic E-state index is 0.684. The Morgan fingerprint density at radius 2 is 1.28 bits per heavy atom. The van der Waals surface area contributed by atoms with Crippen LogP contribution in [0.25, 0.3) is 11.1 Å². The van der Waals surface area contributed by atoms with E-state index in [-0.39, 0.29) is 0 Å². The molecule has 29 heavy (non-hydrogen) atoms. The van der Waals surface area contributed by atoms with Gasteiger partial charge in [-0.2, -0.15) is 5.26 Å². The smallest absolute Gasteiger partial charge is 0.168 e. The van der Waals surface area contributed by atoms with Crippen molar-refractivity contribution < 1.29 is 9.30 Å². The van der Waals surface area contributed by atoms with Gasteiger partial charge in [-0.3, -0.25) is 0 Å². The van der Waals surface area contributed by atoms with Gasteiger partial charge in [0.2, 0.25) is 0 Å². The molecule has 0 N–H and O–H groups in total. The molecule has 0 amide bonds. The molecule has 0 aliphatic rings. The lowest BCUT2D eigenvalue weighted by Gasteiger charge is -2.08. The maximum Gasteiger partial charge on any atom is 0.168 e. The summed E-state index contributed by atoms with van der Waals surface area (Å²) in [7, 11) is 0. The standard InChI is InChI=1S/C26H29N2O/c27-22-23-10-12-24(13-11-23)25-14-16-26(17-15-25)29-21-9-4-2-1-3-6-18-28-19-7-5-8-20-28/h5,7-8,10-17,19-20H,1-4,6,9,18,21H2/q+1. The van der Waals surface area contributed by atoms with Crippen LogP contribution in [0.1, 0.15) is 44.1 Å². The lowest BCUT2D eigenvalue weighted by molar-refractivity contribution is -0.697. The zero-order chi connectivity index (χ0) is 20.2. The lowest BCUT2D eigenvalue weighted by atomic mass is 10.0. The molecule has 3 rings (SSSR count). The van der Waals surface area contributed by atoms with Crippen LogP contribution in [0.2, 0.25) is 0 Å². The van der Waals surface area contributed by atoms with Gasteiger partial charge in [-0.25, -0.2) is 4.57 Å². The van der Waals surface area contributed by atoms with Crippen molar-refractivity contribution in [3.8, 4) is 22.9 Å². The number of aromatic nitrogens is 1. The Balaban J connectivity index is 1.26. The van der Waals surface area contributed by atoms with Gasteiger partial charge in [-0.15, -0.1) is 0 Å². The number of hydrogen-bond acceptors (Lipinski definition) is 2. The Labute approximate surface area is 174 Å². The zero-order valence-corrected chi connectivity index (χ0v) is 17.0. The summed E-state index contributed by atoms with van der Waals surface area (Å²) in [6, 6.07) is 24.2. The predicted molar refractivity (Wildman–Crippen MR) is 116 cm³/mol. The lowest BCUT2D eigenvalue weighted by Crippen LogP contribution is -2.32. The minimum Gasteiger partial charge on any atom is -0.494 e. The third-order valence-electron chi connectivity index (χ3n) is 5.06. The number of ether oxygens (including phenoxy) is 1. The summed E-state index contributed by atoms with van der Waals surface area (Å²) in [5.41, 5.74) is 2.93. The normalized spacial score (nSPS) is 10.4. The number of benzene rings is 2. The van der Waals surface area contributed by atoms with Gasteiger partial charge >= 0.3 is 0 Å². The molecule has 0 saturated carbocycles. The number of unbranched alkanes of at least 4 members (excludes halogenated alkanes) is 5. The highest BCUT2D eigenvalue weighted by molar-refractivity contribution is 5.64. The van der Waals surface area contributed by atoms with Gasteiger partial charge in [0.05, 0.1) is 18.2 Å². The van der Waals surface area contributed by atoms with Crippen LogP contribution in [0.4, 0.5) is 0 Å². The summed E-state index contributed by atoms with van der Waals surface area (Å²) in [5, 5.41) is 8.89. The first-order valence-electron chi connectivity index (χ1n) is 10.5. The van der Waals surface area contributed by atoms with Crippen LogP contribution >= 0.6 is 0 Å². The van der Waals surface area contributed by atoms with Crippen LogP contribution in [0.5, 0.6) is 5.75 Å². The summed E-state index contributed by atoms with van der Waals surface area (Å²) in [6.07, 6.45) is 11.7. The highest BCUT2D eigenvalue weighted by atomic mass is 16.5. The van der Waals surface area contributed by atoms with Crippen LogP contribution in [0.15, 0.2) is 79.1 Å². The fourth-order valence-electron chi connectivity index (χ4n) is 3.36. The van der Waals surface area contributed by atoms with Crippen LogP contribution in [-0.4, -0.2) is 6.61 Å². The predicted octanol–water partition coefficient (Wildman–Crippen LogP) is 5.93. The van der Waals surface area contributed by atoms with E-state index in [4.69, 9.17) is 10.00 Å². The van der Waals surface area contributed by atoms with E-state index in [1.807, 2.05) is 36.4 Å². The van der Waals surface area contributed by atoms with Gasteiger partial charge in [0, 0.05) is 18.6 Å². The molecule has 0 radical (unpaired) electrons. The van der Waals surface area contributed by atoms with E-state index in [1.165, 1.54) is 32.1 Å².